The Bertz CT molecular complexity index is 414. The molecular weight excluding hydrogens is 190 g/mol. The zero-order chi connectivity index (χ0) is 10.3. The molecule has 1 aromatic carbocycles. The van der Waals surface area contributed by atoms with E-state index in [1.807, 2.05) is 0 Å². The first kappa shape index (κ1) is 8.77. The SMILES string of the molecule is O=C1CC(c2cccc3c2OCC3)CN1. The van der Waals surface area contributed by atoms with Crippen LogP contribution in [0, 0.1) is 0 Å². The van der Waals surface area contributed by atoms with Gasteiger partial charge in [0.2, 0.25) is 5.91 Å². The first-order valence-electron chi connectivity index (χ1n) is 5.36. The molecule has 0 aliphatic carbocycles. The topological polar surface area (TPSA) is 38.3 Å². The second-order valence-electron chi connectivity index (χ2n) is 4.14. The number of nitrogens with one attached hydrogen (secondary N) is 1. The smallest absolute Gasteiger partial charge is 0.220 e. The molecule has 1 amide bonds. The number of hydrogen-bond donors (Lipinski definition) is 1. The van der Waals surface area contributed by atoms with Crippen LogP contribution in [-0.2, 0) is 11.2 Å². The molecule has 0 spiro atoms. The molecule has 1 atom stereocenters. The van der Waals surface area contributed by atoms with Gasteiger partial charge in [-0.1, -0.05) is 18.2 Å². The molecule has 1 saturated heterocycles. The molecular formula is C12H13NO2. The van der Waals surface area contributed by atoms with Crippen molar-refractivity contribution in [1.29, 1.82) is 0 Å². The van der Waals surface area contributed by atoms with Gasteiger partial charge >= 0.3 is 0 Å². The molecule has 2 heterocycles. The maximum absolute atomic E-state index is 11.2. The van der Waals surface area contributed by atoms with Gasteiger partial charge in [0.15, 0.2) is 0 Å². The Morgan fingerprint density at radius 3 is 3.13 bits per heavy atom. The van der Waals surface area contributed by atoms with Gasteiger partial charge in [0.1, 0.15) is 5.75 Å². The van der Waals surface area contributed by atoms with Crippen LogP contribution in [0.2, 0.25) is 0 Å². The van der Waals surface area contributed by atoms with Crippen LogP contribution in [0.1, 0.15) is 23.5 Å². The highest BCUT2D eigenvalue weighted by Crippen LogP contribution is 2.36. The van der Waals surface area contributed by atoms with E-state index in [1.165, 1.54) is 11.1 Å². The fraction of sp³-hybridized carbons (Fsp3) is 0.417. The van der Waals surface area contributed by atoms with Crippen LogP contribution in [0.4, 0.5) is 0 Å². The number of rotatable bonds is 1. The summed E-state index contributed by atoms with van der Waals surface area (Å²) in [7, 11) is 0. The number of ether oxygens (including phenoxy) is 1. The van der Waals surface area contributed by atoms with E-state index in [-0.39, 0.29) is 5.91 Å². The minimum absolute atomic E-state index is 0.149. The zero-order valence-corrected chi connectivity index (χ0v) is 8.45. The van der Waals surface area contributed by atoms with Crippen LogP contribution in [0.3, 0.4) is 0 Å². The van der Waals surface area contributed by atoms with E-state index in [2.05, 4.69) is 23.5 Å². The lowest BCUT2D eigenvalue weighted by atomic mass is 9.95. The number of fused-ring (bicyclic) bond motifs is 1. The van der Waals surface area contributed by atoms with Crippen molar-refractivity contribution in [3.05, 3.63) is 29.3 Å². The van der Waals surface area contributed by atoms with Crippen LogP contribution in [0.15, 0.2) is 18.2 Å². The molecule has 2 aliphatic heterocycles. The van der Waals surface area contributed by atoms with Crippen LogP contribution in [0.25, 0.3) is 0 Å². The molecule has 2 aliphatic rings. The molecule has 0 aromatic heterocycles. The monoisotopic (exact) mass is 203 g/mol. The molecule has 15 heavy (non-hydrogen) atoms. The van der Waals surface area contributed by atoms with Crippen LogP contribution >= 0.6 is 0 Å². The van der Waals surface area contributed by atoms with Gasteiger partial charge < -0.3 is 10.1 Å². The summed E-state index contributed by atoms with van der Waals surface area (Å²) in [5.74, 6) is 1.47. The summed E-state index contributed by atoms with van der Waals surface area (Å²) in [5.41, 5.74) is 2.48. The van der Waals surface area contributed by atoms with E-state index in [1.54, 1.807) is 0 Å². The van der Waals surface area contributed by atoms with E-state index < -0.39 is 0 Å². The van der Waals surface area contributed by atoms with Gasteiger partial charge in [0.05, 0.1) is 6.61 Å². The summed E-state index contributed by atoms with van der Waals surface area (Å²) >= 11 is 0. The van der Waals surface area contributed by atoms with Crippen molar-refractivity contribution in [3.8, 4) is 5.75 Å². The maximum atomic E-state index is 11.2. The lowest BCUT2D eigenvalue weighted by Crippen LogP contribution is -2.13. The van der Waals surface area contributed by atoms with E-state index in [0.29, 0.717) is 12.3 Å². The number of carbonyl (C=O) groups excluding carboxylic acids is 1. The fourth-order valence-electron chi connectivity index (χ4n) is 2.39. The number of para-hydroxylation sites is 1. The molecule has 1 aromatic rings. The second-order valence-corrected chi connectivity index (χ2v) is 4.14. The molecule has 3 rings (SSSR count). The van der Waals surface area contributed by atoms with Gasteiger partial charge in [-0.15, -0.1) is 0 Å². The number of benzene rings is 1. The zero-order valence-electron chi connectivity index (χ0n) is 8.45. The van der Waals surface area contributed by atoms with E-state index in [4.69, 9.17) is 4.74 Å². The lowest BCUT2D eigenvalue weighted by Gasteiger charge is -2.12. The Balaban J connectivity index is 1.98. The summed E-state index contributed by atoms with van der Waals surface area (Å²) in [5, 5.41) is 2.86. The van der Waals surface area contributed by atoms with Crippen molar-refractivity contribution >= 4 is 5.91 Å². The third kappa shape index (κ3) is 1.39. The predicted octanol–water partition coefficient (Wildman–Crippen LogP) is 1.23. The Kier molecular flexibility index (Phi) is 1.91. The maximum Gasteiger partial charge on any atom is 0.220 e. The minimum Gasteiger partial charge on any atom is -0.493 e. The third-order valence-corrected chi connectivity index (χ3v) is 3.16. The molecule has 0 radical (unpaired) electrons. The van der Waals surface area contributed by atoms with Crippen LogP contribution < -0.4 is 10.1 Å². The van der Waals surface area contributed by atoms with Gasteiger partial charge in [0, 0.05) is 25.3 Å². The van der Waals surface area contributed by atoms with E-state index in [0.717, 1.165) is 25.3 Å². The Labute approximate surface area is 88.4 Å². The normalized spacial score (nSPS) is 23.5. The molecule has 1 fully saturated rings. The minimum atomic E-state index is 0.149. The van der Waals surface area contributed by atoms with Crippen molar-refractivity contribution in [1.82, 2.24) is 5.32 Å². The molecule has 0 bridgehead atoms. The van der Waals surface area contributed by atoms with Crippen LogP contribution in [-0.4, -0.2) is 19.1 Å². The van der Waals surface area contributed by atoms with Gasteiger partial charge in [-0.3, -0.25) is 4.79 Å². The summed E-state index contributed by atoms with van der Waals surface area (Å²) in [6, 6.07) is 6.25. The van der Waals surface area contributed by atoms with E-state index >= 15 is 0 Å². The Morgan fingerprint density at radius 2 is 2.33 bits per heavy atom. The van der Waals surface area contributed by atoms with Crippen LogP contribution in [0.5, 0.6) is 5.75 Å². The van der Waals surface area contributed by atoms with Gasteiger partial charge in [-0.05, 0) is 11.1 Å². The first-order chi connectivity index (χ1) is 7.34. The van der Waals surface area contributed by atoms with Crippen molar-refractivity contribution < 1.29 is 9.53 Å². The second kappa shape index (κ2) is 3.26. The summed E-state index contributed by atoms with van der Waals surface area (Å²) in [6.07, 6.45) is 1.59. The Morgan fingerprint density at radius 1 is 1.40 bits per heavy atom. The quantitative estimate of drug-likeness (QED) is 0.745. The predicted molar refractivity (Wildman–Crippen MR) is 56.0 cm³/mol. The van der Waals surface area contributed by atoms with Crippen molar-refractivity contribution in [2.24, 2.45) is 0 Å². The number of hydrogen-bond acceptors (Lipinski definition) is 2. The molecule has 3 nitrogen and oxygen atoms in total. The van der Waals surface area contributed by atoms with Crippen molar-refractivity contribution in [2.75, 3.05) is 13.2 Å². The standard InChI is InChI=1S/C12H13NO2/c14-11-6-9(7-13-11)10-3-1-2-8-4-5-15-12(8)10/h1-3,9H,4-7H2,(H,13,14). The molecule has 78 valence electrons. The van der Waals surface area contributed by atoms with Crippen molar-refractivity contribution in [2.45, 2.75) is 18.8 Å². The van der Waals surface area contributed by atoms with Gasteiger partial charge in [0.25, 0.3) is 0 Å². The number of amides is 1. The first-order valence-corrected chi connectivity index (χ1v) is 5.36. The summed E-state index contributed by atoms with van der Waals surface area (Å²) in [6.45, 7) is 1.53. The Hall–Kier alpha value is -1.51. The van der Waals surface area contributed by atoms with Crippen molar-refractivity contribution in [3.63, 3.8) is 0 Å². The average Bonchev–Trinajstić information content (AvgIpc) is 2.84. The highest BCUT2D eigenvalue weighted by molar-refractivity contribution is 5.79. The van der Waals surface area contributed by atoms with E-state index in [9.17, 15) is 4.79 Å². The van der Waals surface area contributed by atoms with Gasteiger partial charge in [-0.2, -0.15) is 0 Å². The fourth-order valence-corrected chi connectivity index (χ4v) is 2.39. The summed E-state index contributed by atoms with van der Waals surface area (Å²) < 4.78 is 5.64. The number of carbonyl (C=O) groups is 1. The average molecular weight is 203 g/mol. The highest BCUT2D eigenvalue weighted by atomic mass is 16.5. The summed E-state index contributed by atoms with van der Waals surface area (Å²) in [4.78, 5) is 11.2. The highest BCUT2D eigenvalue weighted by Gasteiger charge is 2.27. The molecule has 0 saturated carbocycles. The largest absolute Gasteiger partial charge is 0.493 e. The molecule has 1 N–H and O–H groups in total. The molecule has 1 unspecified atom stereocenters. The lowest BCUT2D eigenvalue weighted by molar-refractivity contribution is -0.119. The molecule has 3 heteroatoms. The van der Waals surface area contributed by atoms with Gasteiger partial charge in [-0.25, -0.2) is 0 Å². The third-order valence-electron chi connectivity index (χ3n) is 3.16.